The Bertz CT molecular complexity index is 1130. The summed E-state index contributed by atoms with van der Waals surface area (Å²) < 4.78 is 40.6. The minimum absolute atomic E-state index is 0.000344. The summed E-state index contributed by atoms with van der Waals surface area (Å²) in [5.74, 6) is -2.45. The highest BCUT2D eigenvalue weighted by molar-refractivity contribution is 5.98. The molecule has 1 aromatic rings. The zero-order valence-electron chi connectivity index (χ0n) is 22.6. The second-order valence-electron chi connectivity index (χ2n) is 12.2. The largest absolute Gasteiger partial charge is 0.496 e. The molecule has 2 bridgehead atoms. The van der Waals surface area contributed by atoms with Crippen molar-refractivity contribution in [3.8, 4) is 11.5 Å². The number of carboxylic acid groups (broad SMARTS) is 1. The summed E-state index contributed by atoms with van der Waals surface area (Å²) in [4.78, 5) is 38.1. The number of ether oxygens (including phenoxy) is 2. The molecule has 4 saturated carbocycles. The van der Waals surface area contributed by atoms with Gasteiger partial charge in [0.15, 0.2) is 11.6 Å². The summed E-state index contributed by atoms with van der Waals surface area (Å²) in [5.41, 5.74) is -2.05. The summed E-state index contributed by atoms with van der Waals surface area (Å²) in [5, 5.41) is 15.3. The summed E-state index contributed by atoms with van der Waals surface area (Å²) in [6.45, 7) is 1.70. The zero-order chi connectivity index (χ0) is 27.9. The van der Waals surface area contributed by atoms with E-state index in [1.807, 2.05) is 0 Å². The Morgan fingerprint density at radius 1 is 1.05 bits per heavy atom. The highest BCUT2D eigenvalue weighted by Crippen LogP contribution is 2.49. The topological polar surface area (TPSA) is 114 Å². The van der Waals surface area contributed by atoms with Gasteiger partial charge >= 0.3 is 5.97 Å². The van der Waals surface area contributed by atoms with Crippen LogP contribution in [-0.2, 0) is 9.59 Å². The molecule has 0 heterocycles. The second-order valence-corrected chi connectivity index (χ2v) is 12.2. The van der Waals surface area contributed by atoms with E-state index >= 15 is 0 Å². The number of halogens is 2. The Hall–Kier alpha value is -2.91. The van der Waals surface area contributed by atoms with Gasteiger partial charge in [0.1, 0.15) is 11.4 Å². The minimum Gasteiger partial charge on any atom is -0.496 e. The second kappa shape index (κ2) is 10.6. The first-order valence-corrected chi connectivity index (χ1v) is 14.1. The van der Waals surface area contributed by atoms with Crippen molar-refractivity contribution in [1.29, 1.82) is 0 Å². The van der Waals surface area contributed by atoms with Crippen molar-refractivity contribution in [3.63, 3.8) is 0 Å². The smallest absolute Gasteiger partial charge is 0.309 e. The average Bonchev–Trinajstić information content (AvgIpc) is 3.50. The Kier molecular flexibility index (Phi) is 7.50. The maximum absolute atomic E-state index is 14.9. The molecule has 0 aromatic heterocycles. The fourth-order valence-electron chi connectivity index (χ4n) is 6.92. The lowest BCUT2D eigenvalue weighted by atomic mass is 9.75. The standard InChI is InChI=1S/C29H38F2N2O6/c1-28(27(36)37)10-6-18(7-11-28)39-22-13-19(21(38-2)14-20(22)30)25(34)33-24-17-5-4-16(12-17)23(24)26(35)32-15-29(31)8-3-9-29/h13-14,16-18,23-24H,3-12,15H2,1-2H3,(H,32,35)(H,33,34)(H,36,37). The lowest BCUT2D eigenvalue weighted by Crippen LogP contribution is -2.52. The van der Waals surface area contributed by atoms with Gasteiger partial charge in [0.25, 0.3) is 5.91 Å². The van der Waals surface area contributed by atoms with Crippen molar-refractivity contribution in [2.45, 2.75) is 88.9 Å². The molecule has 4 atom stereocenters. The summed E-state index contributed by atoms with van der Waals surface area (Å²) in [6.07, 6.45) is 5.73. The van der Waals surface area contributed by atoms with Crippen molar-refractivity contribution in [3.05, 3.63) is 23.5 Å². The number of hydrogen-bond acceptors (Lipinski definition) is 5. The van der Waals surface area contributed by atoms with Gasteiger partial charge in [-0.25, -0.2) is 8.78 Å². The van der Waals surface area contributed by atoms with Crippen molar-refractivity contribution in [2.24, 2.45) is 23.2 Å². The molecular weight excluding hydrogens is 510 g/mol. The van der Waals surface area contributed by atoms with Gasteiger partial charge in [-0.15, -0.1) is 0 Å². The molecule has 214 valence electrons. The fourth-order valence-corrected chi connectivity index (χ4v) is 6.92. The van der Waals surface area contributed by atoms with Crippen molar-refractivity contribution >= 4 is 17.8 Å². The molecule has 4 unspecified atom stereocenters. The molecule has 0 saturated heterocycles. The number of alkyl halides is 1. The maximum atomic E-state index is 14.9. The first-order chi connectivity index (χ1) is 18.5. The molecule has 0 radical (unpaired) electrons. The van der Waals surface area contributed by atoms with Crippen molar-refractivity contribution in [1.82, 2.24) is 10.6 Å². The molecular formula is C29H38F2N2O6. The van der Waals surface area contributed by atoms with Gasteiger partial charge in [0.2, 0.25) is 5.91 Å². The number of benzene rings is 1. The number of amides is 2. The third-order valence-electron chi connectivity index (χ3n) is 9.69. The molecule has 1 aromatic carbocycles. The molecule has 0 spiro atoms. The first kappa shape index (κ1) is 27.6. The van der Waals surface area contributed by atoms with Gasteiger partial charge in [0, 0.05) is 12.1 Å². The zero-order valence-corrected chi connectivity index (χ0v) is 22.6. The highest BCUT2D eigenvalue weighted by Gasteiger charge is 2.52. The Morgan fingerprint density at radius 3 is 2.36 bits per heavy atom. The number of hydrogen-bond donors (Lipinski definition) is 3. The molecule has 39 heavy (non-hydrogen) atoms. The number of rotatable bonds is 9. The van der Waals surface area contributed by atoms with Crippen LogP contribution in [0.1, 0.15) is 81.5 Å². The number of carbonyl (C=O) groups excluding carboxylic acids is 2. The van der Waals surface area contributed by atoms with E-state index in [4.69, 9.17) is 9.47 Å². The SMILES string of the molecule is COc1cc(F)c(OC2CCC(C)(C(=O)O)CC2)cc1C(=O)NC1C2CCC(C2)C1C(=O)NCC1(F)CCC1. The van der Waals surface area contributed by atoms with Gasteiger partial charge < -0.3 is 25.2 Å². The fraction of sp³-hybridized carbons (Fsp3) is 0.690. The number of fused-ring (bicyclic) bond motifs is 2. The predicted octanol–water partition coefficient (Wildman–Crippen LogP) is 4.40. The molecule has 3 N–H and O–H groups in total. The first-order valence-electron chi connectivity index (χ1n) is 14.1. The lowest BCUT2D eigenvalue weighted by Gasteiger charge is -2.36. The van der Waals surface area contributed by atoms with E-state index in [1.54, 1.807) is 6.92 Å². The van der Waals surface area contributed by atoms with Crippen molar-refractivity contribution in [2.75, 3.05) is 13.7 Å². The average molecular weight is 549 g/mol. The molecule has 5 rings (SSSR count). The predicted molar refractivity (Wildman–Crippen MR) is 138 cm³/mol. The van der Waals surface area contributed by atoms with Crippen LogP contribution < -0.4 is 20.1 Å². The van der Waals surface area contributed by atoms with Crippen LogP contribution in [0.5, 0.6) is 11.5 Å². The van der Waals surface area contributed by atoms with Crippen molar-refractivity contribution < 1.29 is 37.7 Å². The van der Waals surface area contributed by atoms with Crippen LogP contribution in [0.2, 0.25) is 0 Å². The van der Waals surface area contributed by atoms with Gasteiger partial charge in [-0.1, -0.05) is 0 Å². The Morgan fingerprint density at radius 2 is 1.74 bits per heavy atom. The van der Waals surface area contributed by atoms with Gasteiger partial charge in [-0.3, -0.25) is 14.4 Å². The van der Waals surface area contributed by atoms with E-state index in [0.717, 1.165) is 31.7 Å². The Labute approximate surface area is 227 Å². The minimum atomic E-state index is -1.32. The Balaban J connectivity index is 1.28. The molecule has 2 amide bonds. The normalized spacial score (nSPS) is 32.7. The van der Waals surface area contributed by atoms with Gasteiger partial charge in [0.05, 0.1) is 36.7 Å². The van der Waals surface area contributed by atoms with Gasteiger partial charge in [-0.05, 0) is 89.0 Å². The van der Waals surface area contributed by atoms with E-state index in [9.17, 15) is 28.3 Å². The summed E-state index contributed by atoms with van der Waals surface area (Å²) >= 11 is 0. The molecule has 4 fully saturated rings. The number of nitrogens with one attached hydrogen (secondary N) is 2. The van der Waals surface area contributed by atoms with Crippen LogP contribution in [0, 0.1) is 29.0 Å². The molecule has 4 aliphatic rings. The quantitative estimate of drug-likeness (QED) is 0.422. The van der Waals surface area contributed by atoms with E-state index in [-0.39, 0.29) is 47.5 Å². The molecule has 0 aliphatic heterocycles. The monoisotopic (exact) mass is 548 g/mol. The van der Waals surface area contributed by atoms with E-state index in [0.29, 0.717) is 38.5 Å². The summed E-state index contributed by atoms with van der Waals surface area (Å²) in [6, 6.07) is 2.03. The number of methoxy groups -OCH3 is 1. The van der Waals surface area contributed by atoms with Crippen LogP contribution >= 0.6 is 0 Å². The molecule has 4 aliphatic carbocycles. The van der Waals surface area contributed by atoms with E-state index < -0.39 is 40.7 Å². The molecule has 8 nitrogen and oxygen atoms in total. The van der Waals surface area contributed by atoms with Crippen LogP contribution in [0.25, 0.3) is 0 Å². The highest BCUT2D eigenvalue weighted by atomic mass is 19.1. The van der Waals surface area contributed by atoms with E-state index in [2.05, 4.69) is 10.6 Å². The number of aliphatic carboxylic acids is 1. The van der Waals surface area contributed by atoms with E-state index in [1.165, 1.54) is 13.2 Å². The van der Waals surface area contributed by atoms with Gasteiger partial charge in [-0.2, -0.15) is 0 Å². The van der Waals surface area contributed by atoms with Crippen LogP contribution in [0.3, 0.4) is 0 Å². The summed E-state index contributed by atoms with van der Waals surface area (Å²) in [7, 11) is 1.35. The molecule has 10 heteroatoms. The third-order valence-corrected chi connectivity index (χ3v) is 9.69. The lowest BCUT2D eigenvalue weighted by molar-refractivity contribution is -0.150. The number of carbonyl (C=O) groups is 3. The van der Waals surface area contributed by atoms with Crippen LogP contribution in [0.4, 0.5) is 8.78 Å². The number of carboxylic acids is 1. The van der Waals surface area contributed by atoms with Crippen LogP contribution in [0.15, 0.2) is 12.1 Å². The maximum Gasteiger partial charge on any atom is 0.309 e. The third kappa shape index (κ3) is 5.43. The van der Waals surface area contributed by atoms with Crippen LogP contribution in [-0.4, -0.2) is 54.4 Å².